The topological polar surface area (TPSA) is 50.7 Å². The van der Waals surface area contributed by atoms with Gasteiger partial charge >= 0.3 is 0 Å². The van der Waals surface area contributed by atoms with Gasteiger partial charge in [0, 0.05) is 13.2 Å². The van der Waals surface area contributed by atoms with E-state index in [1.807, 2.05) is 18.2 Å². The molecular weight excluding hydrogens is 309 g/mol. The molecule has 24 heavy (non-hydrogen) atoms. The number of aliphatic hydroxyl groups excluding tert-OH is 1. The summed E-state index contributed by atoms with van der Waals surface area (Å²) in [5.74, 6) is 1.07. The van der Waals surface area contributed by atoms with Gasteiger partial charge in [0.2, 0.25) is 0 Å². The van der Waals surface area contributed by atoms with E-state index < -0.39 is 0 Å². The first-order valence-electron chi connectivity index (χ1n) is 8.08. The standard InChI is InChI=1S/C19H24FNO3/c1-23-19-12-16(13-21-10-2-3-11-22)6-9-18(19)24-14-15-4-7-17(20)8-5-15/h4-9,12,21-22H,2-3,10-11,13-14H2,1H3. The number of unbranched alkanes of at least 4 members (excludes halogenated alkanes) is 1. The monoisotopic (exact) mass is 333 g/mol. The maximum absolute atomic E-state index is 12.9. The molecule has 2 rings (SSSR count). The number of nitrogens with one attached hydrogen (secondary N) is 1. The highest BCUT2D eigenvalue weighted by atomic mass is 19.1. The van der Waals surface area contributed by atoms with E-state index in [9.17, 15) is 4.39 Å². The molecule has 0 heterocycles. The van der Waals surface area contributed by atoms with Gasteiger partial charge in [-0.3, -0.25) is 0 Å². The fourth-order valence-corrected chi connectivity index (χ4v) is 2.28. The molecule has 0 aliphatic rings. The zero-order valence-electron chi connectivity index (χ0n) is 13.9. The molecule has 0 atom stereocenters. The average molecular weight is 333 g/mol. The van der Waals surface area contributed by atoms with E-state index in [1.54, 1.807) is 19.2 Å². The van der Waals surface area contributed by atoms with Crippen LogP contribution in [0.15, 0.2) is 42.5 Å². The van der Waals surface area contributed by atoms with Crippen molar-refractivity contribution in [3.8, 4) is 11.5 Å². The third-order valence-electron chi connectivity index (χ3n) is 3.63. The van der Waals surface area contributed by atoms with Crippen LogP contribution < -0.4 is 14.8 Å². The molecule has 0 aromatic heterocycles. The molecule has 2 aromatic rings. The van der Waals surface area contributed by atoms with Crippen LogP contribution >= 0.6 is 0 Å². The number of hydrogen-bond donors (Lipinski definition) is 2. The Morgan fingerprint density at radius 1 is 1.00 bits per heavy atom. The Kier molecular flexibility index (Phi) is 7.52. The summed E-state index contributed by atoms with van der Waals surface area (Å²) in [6.45, 7) is 2.19. The first-order valence-corrected chi connectivity index (χ1v) is 8.08. The van der Waals surface area contributed by atoms with Crippen LogP contribution in [0.3, 0.4) is 0 Å². The highest BCUT2D eigenvalue weighted by Crippen LogP contribution is 2.28. The van der Waals surface area contributed by atoms with Gasteiger partial charge in [0.15, 0.2) is 11.5 Å². The Balaban J connectivity index is 1.89. The molecule has 5 heteroatoms. The fourth-order valence-electron chi connectivity index (χ4n) is 2.28. The lowest BCUT2D eigenvalue weighted by atomic mass is 10.2. The maximum Gasteiger partial charge on any atom is 0.161 e. The highest BCUT2D eigenvalue weighted by molar-refractivity contribution is 5.43. The number of methoxy groups -OCH3 is 1. The van der Waals surface area contributed by atoms with E-state index in [0.29, 0.717) is 18.1 Å². The van der Waals surface area contributed by atoms with E-state index in [2.05, 4.69) is 5.32 Å². The summed E-state index contributed by atoms with van der Waals surface area (Å²) < 4.78 is 24.1. The summed E-state index contributed by atoms with van der Waals surface area (Å²) in [5.41, 5.74) is 2.00. The average Bonchev–Trinajstić information content (AvgIpc) is 2.61. The van der Waals surface area contributed by atoms with Crippen molar-refractivity contribution in [3.63, 3.8) is 0 Å². The largest absolute Gasteiger partial charge is 0.493 e. The van der Waals surface area contributed by atoms with Crippen molar-refractivity contribution in [2.45, 2.75) is 26.0 Å². The van der Waals surface area contributed by atoms with E-state index in [0.717, 1.165) is 37.1 Å². The zero-order valence-corrected chi connectivity index (χ0v) is 13.9. The number of aliphatic hydroxyl groups is 1. The van der Waals surface area contributed by atoms with Crippen LogP contribution in [-0.4, -0.2) is 25.4 Å². The molecule has 0 saturated heterocycles. The molecule has 0 spiro atoms. The molecule has 0 fully saturated rings. The van der Waals surface area contributed by atoms with Gasteiger partial charge in [-0.1, -0.05) is 18.2 Å². The zero-order chi connectivity index (χ0) is 17.2. The van der Waals surface area contributed by atoms with Crippen LogP contribution in [0.1, 0.15) is 24.0 Å². The van der Waals surface area contributed by atoms with Crippen molar-refractivity contribution in [2.75, 3.05) is 20.3 Å². The molecule has 0 bridgehead atoms. The first kappa shape index (κ1) is 18.2. The summed E-state index contributed by atoms with van der Waals surface area (Å²) in [6.07, 6.45) is 1.76. The smallest absolute Gasteiger partial charge is 0.161 e. The third-order valence-corrected chi connectivity index (χ3v) is 3.63. The van der Waals surface area contributed by atoms with Gasteiger partial charge in [-0.2, -0.15) is 0 Å². The predicted molar refractivity (Wildman–Crippen MR) is 91.8 cm³/mol. The van der Waals surface area contributed by atoms with Gasteiger partial charge in [-0.25, -0.2) is 4.39 Å². The minimum Gasteiger partial charge on any atom is -0.493 e. The molecule has 130 valence electrons. The summed E-state index contributed by atoms with van der Waals surface area (Å²) in [5, 5.41) is 12.1. The summed E-state index contributed by atoms with van der Waals surface area (Å²) in [4.78, 5) is 0. The lowest BCUT2D eigenvalue weighted by Gasteiger charge is -2.13. The van der Waals surface area contributed by atoms with Gasteiger partial charge in [0.1, 0.15) is 12.4 Å². The van der Waals surface area contributed by atoms with Gasteiger partial charge < -0.3 is 19.9 Å². The first-order chi connectivity index (χ1) is 11.7. The van der Waals surface area contributed by atoms with E-state index >= 15 is 0 Å². The molecular formula is C19H24FNO3. The fraction of sp³-hybridized carbons (Fsp3) is 0.368. The van der Waals surface area contributed by atoms with Crippen LogP contribution in [0.4, 0.5) is 4.39 Å². The number of ether oxygens (including phenoxy) is 2. The number of hydrogen-bond acceptors (Lipinski definition) is 4. The van der Waals surface area contributed by atoms with Crippen LogP contribution in [0.2, 0.25) is 0 Å². The van der Waals surface area contributed by atoms with Gasteiger partial charge in [0.05, 0.1) is 7.11 Å². The second kappa shape index (κ2) is 9.90. The van der Waals surface area contributed by atoms with E-state index in [1.165, 1.54) is 12.1 Å². The quantitative estimate of drug-likeness (QED) is 0.655. The Hall–Kier alpha value is -2.11. The van der Waals surface area contributed by atoms with Gasteiger partial charge in [-0.15, -0.1) is 0 Å². The molecule has 0 unspecified atom stereocenters. The Morgan fingerprint density at radius 3 is 2.46 bits per heavy atom. The third kappa shape index (κ3) is 5.83. The van der Waals surface area contributed by atoms with Crippen molar-refractivity contribution in [1.82, 2.24) is 5.32 Å². The molecule has 2 N–H and O–H groups in total. The molecule has 4 nitrogen and oxygen atoms in total. The molecule has 2 aromatic carbocycles. The van der Waals surface area contributed by atoms with Crippen LogP contribution in [-0.2, 0) is 13.2 Å². The molecule has 0 amide bonds. The van der Waals surface area contributed by atoms with Crippen molar-refractivity contribution in [1.29, 1.82) is 0 Å². The Bertz CT molecular complexity index is 617. The molecule has 0 radical (unpaired) electrons. The number of benzene rings is 2. The Labute approximate surface area is 142 Å². The molecule has 0 saturated carbocycles. The van der Waals surface area contributed by atoms with E-state index in [-0.39, 0.29) is 12.4 Å². The molecule has 0 aliphatic heterocycles. The Morgan fingerprint density at radius 2 is 1.75 bits per heavy atom. The lowest BCUT2D eigenvalue weighted by molar-refractivity contribution is 0.283. The number of halogens is 1. The second-order valence-corrected chi connectivity index (χ2v) is 5.51. The maximum atomic E-state index is 12.9. The minimum atomic E-state index is -0.257. The number of rotatable bonds is 10. The van der Waals surface area contributed by atoms with Crippen LogP contribution in [0.5, 0.6) is 11.5 Å². The van der Waals surface area contributed by atoms with Gasteiger partial charge in [0.25, 0.3) is 0 Å². The SMILES string of the molecule is COc1cc(CNCCCCO)ccc1OCc1ccc(F)cc1. The summed E-state index contributed by atoms with van der Waals surface area (Å²) in [7, 11) is 1.61. The van der Waals surface area contributed by atoms with Crippen molar-refractivity contribution in [2.24, 2.45) is 0 Å². The lowest BCUT2D eigenvalue weighted by Crippen LogP contribution is -2.15. The highest BCUT2D eigenvalue weighted by Gasteiger charge is 2.06. The molecule has 0 aliphatic carbocycles. The van der Waals surface area contributed by atoms with E-state index in [4.69, 9.17) is 14.6 Å². The van der Waals surface area contributed by atoms with Crippen molar-refractivity contribution < 1.29 is 19.0 Å². The van der Waals surface area contributed by atoms with Crippen LogP contribution in [0.25, 0.3) is 0 Å². The van der Waals surface area contributed by atoms with Gasteiger partial charge in [-0.05, 0) is 54.8 Å². The summed E-state index contributed by atoms with van der Waals surface area (Å²) in [6, 6.07) is 12.1. The normalized spacial score (nSPS) is 10.6. The predicted octanol–water partition coefficient (Wildman–Crippen LogP) is 3.28. The summed E-state index contributed by atoms with van der Waals surface area (Å²) >= 11 is 0. The van der Waals surface area contributed by atoms with Crippen molar-refractivity contribution in [3.05, 3.63) is 59.4 Å². The van der Waals surface area contributed by atoms with Crippen molar-refractivity contribution >= 4 is 0 Å². The second-order valence-electron chi connectivity index (χ2n) is 5.51. The minimum absolute atomic E-state index is 0.232. The van der Waals surface area contributed by atoms with Crippen LogP contribution in [0, 0.1) is 5.82 Å².